The lowest BCUT2D eigenvalue weighted by Gasteiger charge is -2.27. The number of rotatable bonds is 2. The summed E-state index contributed by atoms with van der Waals surface area (Å²) in [5.41, 5.74) is -0.611. The SMILES string of the molecule is OC1NC(O)C(CC2CCCC(Cl)C2)S1. The van der Waals surface area contributed by atoms with E-state index in [0.29, 0.717) is 11.3 Å². The Bertz CT molecular complexity index is 220. The fourth-order valence-corrected chi connectivity index (χ4v) is 4.05. The minimum Gasteiger partial charge on any atom is -0.377 e. The molecular formula is C10H18ClNO2S. The Balaban J connectivity index is 1.80. The maximum Gasteiger partial charge on any atom is 0.155 e. The van der Waals surface area contributed by atoms with E-state index in [9.17, 15) is 10.2 Å². The molecule has 1 aliphatic carbocycles. The first-order valence-electron chi connectivity index (χ1n) is 5.57. The van der Waals surface area contributed by atoms with E-state index >= 15 is 0 Å². The van der Waals surface area contributed by atoms with Crippen molar-refractivity contribution in [3.63, 3.8) is 0 Å². The van der Waals surface area contributed by atoms with Gasteiger partial charge in [-0.1, -0.05) is 12.8 Å². The predicted molar refractivity (Wildman–Crippen MR) is 62.7 cm³/mol. The Morgan fingerprint density at radius 3 is 2.73 bits per heavy atom. The van der Waals surface area contributed by atoms with E-state index in [1.54, 1.807) is 0 Å². The first-order valence-corrected chi connectivity index (χ1v) is 6.95. The van der Waals surface area contributed by atoms with Crippen LogP contribution in [0, 0.1) is 5.92 Å². The van der Waals surface area contributed by atoms with Crippen LogP contribution in [0.2, 0.25) is 0 Å². The van der Waals surface area contributed by atoms with Crippen LogP contribution in [0.4, 0.5) is 0 Å². The average Bonchev–Trinajstić information content (AvgIpc) is 2.45. The van der Waals surface area contributed by atoms with Crippen LogP contribution < -0.4 is 5.32 Å². The third kappa shape index (κ3) is 3.24. The van der Waals surface area contributed by atoms with Gasteiger partial charge in [0.2, 0.25) is 0 Å². The van der Waals surface area contributed by atoms with Crippen LogP contribution in [-0.4, -0.2) is 32.6 Å². The number of thioether (sulfide) groups is 1. The molecule has 0 aromatic heterocycles. The second kappa shape index (κ2) is 5.23. The second-order valence-electron chi connectivity index (χ2n) is 4.50. The number of hydrogen-bond donors (Lipinski definition) is 3. The minimum atomic E-state index is -0.611. The summed E-state index contributed by atoms with van der Waals surface area (Å²) < 4.78 is 0. The molecule has 5 atom stereocenters. The number of hydrogen-bond acceptors (Lipinski definition) is 4. The van der Waals surface area contributed by atoms with Gasteiger partial charge in [-0.3, -0.25) is 5.32 Å². The zero-order valence-electron chi connectivity index (χ0n) is 8.60. The van der Waals surface area contributed by atoms with Gasteiger partial charge in [-0.15, -0.1) is 23.4 Å². The van der Waals surface area contributed by atoms with Gasteiger partial charge in [-0.25, -0.2) is 0 Å². The van der Waals surface area contributed by atoms with Gasteiger partial charge >= 0.3 is 0 Å². The standard InChI is InChI=1S/C10H18ClNO2S/c11-7-3-1-2-6(4-7)5-8-9(13)12-10(14)15-8/h6-10,12-14H,1-5H2. The number of alkyl halides is 1. The summed E-state index contributed by atoms with van der Waals surface area (Å²) in [5, 5.41) is 22.1. The summed E-state index contributed by atoms with van der Waals surface area (Å²) in [6.45, 7) is 0. The molecule has 3 nitrogen and oxygen atoms in total. The highest BCUT2D eigenvalue weighted by molar-refractivity contribution is 8.00. The summed E-state index contributed by atoms with van der Waals surface area (Å²) in [6, 6.07) is 0. The summed E-state index contributed by atoms with van der Waals surface area (Å²) in [6.07, 6.45) is 4.98. The first-order chi connectivity index (χ1) is 7.15. The predicted octanol–water partition coefficient (Wildman–Crippen LogP) is 1.47. The minimum absolute atomic E-state index is 0.118. The highest BCUT2D eigenvalue weighted by atomic mass is 35.5. The Morgan fingerprint density at radius 2 is 2.13 bits per heavy atom. The summed E-state index contributed by atoms with van der Waals surface area (Å²) >= 11 is 7.55. The van der Waals surface area contributed by atoms with Gasteiger partial charge in [-0.05, 0) is 25.2 Å². The van der Waals surface area contributed by atoms with Gasteiger partial charge in [0.05, 0.1) is 0 Å². The molecule has 88 valence electrons. The summed E-state index contributed by atoms with van der Waals surface area (Å²) in [7, 11) is 0. The second-order valence-corrected chi connectivity index (χ2v) is 6.45. The van der Waals surface area contributed by atoms with Crippen LogP contribution in [-0.2, 0) is 0 Å². The maximum atomic E-state index is 9.63. The highest BCUT2D eigenvalue weighted by Crippen LogP contribution is 2.36. The molecule has 3 N–H and O–H groups in total. The molecular weight excluding hydrogens is 234 g/mol. The van der Waals surface area contributed by atoms with Gasteiger partial charge in [0.25, 0.3) is 0 Å². The highest BCUT2D eigenvalue weighted by Gasteiger charge is 2.34. The van der Waals surface area contributed by atoms with Crippen LogP contribution in [0.1, 0.15) is 32.1 Å². The Labute approximate surface area is 99.6 Å². The van der Waals surface area contributed by atoms with Crippen molar-refractivity contribution in [3.8, 4) is 0 Å². The first kappa shape index (κ1) is 12.0. The molecule has 0 amide bonds. The van der Waals surface area contributed by atoms with Crippen molar-refractivity contribution in [2.24, 2.45) is 5.92 Å². The maximum absolute atomic E-state index is 9.63. The van der Waals surface area contributed by atoms with E-state index in [-0.39, 0.29) is 5.25 Å². The van der Waals surface area contributed by atoms with E-state index in [1.165, 1.54) is 24.6 Å². The molecule has 15 heavy (non-hydrogen) atoms. The van der Waals surface area contributed by atoms with Crippen molar-refractivity contribution in [1.29, 1.82) is 0 Å². The lowest BCUT2D eigenvalue weighted by molar-refractivity contribution is 0.0933. The fourth-order valence-electron chi connectivity index (χ4n) is 2.49. The van der Waals surface area contributed by atoms with Gasteiger partial charge in [-0.2, -0.15) is 0 Å². The quantitative estimate of drug-likeness (QED) is 0.651. The topological polar surface area (TPSA) is 52.5 Å². The number of aliphatic hydroxyl groups excluding tert-OH is 2. The van der Waals surface area contributed by atoms with E-state index in [4.69, 9.17) is 11.6 Å². The van der Waals surface area contributed by atoms with Gasteiger partial charge in [0.15, 0.2) is 5.56 Å². The van der Waals surface area contributed by atoms with Crippen LogP contribution in [0.15, 0.2) is 0 Å². The lowest BCUT2D eigenvalue weighted by atomic mass is 9.85. The monoisotopic (exact) mass is 251 g/mol. The normalized spacial score (nSPS) is 47.0. The smallest absolute Gasteiger partial charge is 0.155 e. The molecule has 0 radical (unpaired) electrons. The van der Waals surface area contributed by atoms with E-state index < -0.39 is 11.8 Å². The number of aliphatic hydroxyl groups is 2. The average molecular weight is 252 g/mol. The van der Waals surface area contributed by atoms with Crippen LogP contribution in [0.25, 0.3) is 0 Å². The molecule has 2 aliphatic rings. The molecule has 0 aromatic carbocycles. The van der Waals surface area contributed by atoms with Crippen molar-refractivity contribution < 1.29 is 10.2 Å². The third-order valence-electron chi connectivity index (χ3n) is 3.25. The summed E-state index contributed by atoms with van der Waals surface area (Å²) in [5.74, 6) is 0.612. The zero-order chi connectivity index (χ0) is 10.8. The Hall–Kier alpha value is 0.520. The molecule has 1 heterocycles. The van der Waals surface area contributed by atoms with Crippen molar-refractivity contribution >= 4 is 23.4 Å². The third-order valence-corrected chi connectivity index (χ3v) is 4.84. The molecule has 0 spiro atoms. The molecule has 2 rings (SSSR count). The van der Waals surface area contributed by atoms with Crippen molar-refractivity contribution in [3.05, 3.63) is 0 Å². The van der Waals surface area contributed by atoms with Gasteiger partial charge in [0.1, 0.15) is 6.23 Å². The molecule has 1 saturated carbocycles. The molecule has 5 unspecified atom stereocenters. The molecule has 0 bridgehead atoms. The molecule has 1 saturated heterocycles. The lowest BCUT2D eigenvalue weighted by Crippen LogP contribution is -2.34. The molecule has 0 aromatic rings. The van der Waals surface area contributed by atoms with Crippen LogP contribution in [0.5, 0.6) is 0 Å². The molecule has 2 fully saturated rings. The largest absolute Gasteiger partial charge is 0.377 e. The number of nitrogens with one attached hydrogen (secondary N) is 1. The van der Waals surface area contributed by atoms with Gasteiger partial charge in [0, 0.05) is 10.6 Å². The van der Waals surface area contributed by atoms with E-state index in [1.807, 2.05) is 0 Å². The Kier molecular flexibility index (Phi) is 4.18. The number of halogens is 1. The molecule has 5 heteroatoms. The van der Waals surface area contributed by atoms with Crippen LogP contribution in [0.3, 0.4) is 0 Å². The molecule has 1 aliphatic heterocycles. The van der Waals surface area contributed by atoms with E-state index in [0.717, 1.165) is 19.3 Å². The van der Waals surface area contributed by atoms with Crippen LogP contribution >= 0.6 is 23.4 Å². The van der Waals surface area contributed by atoms with Crippen molar-refractivity contribution in [2.75, 3.05) is 0 Å². The zero-order valence-corrected chi connectivity index (χ0v) is 10.2. The summed E-state index contributed by atoms with van der Waals surface area (Å²) in [4.78, 5) is 0. The fraction of sp³-hybridized carbons (Fsp3) is 1.00. The van der Waals surface area contributed by atoms with Crippen molar-refractivity contribution in [1.82, 2.24) is 5.32 Å². The Morgan fingerprint density at radius 1 is 1.33 bits per heavy atom. The van der Waals surface area contributed by atoms with Crippen molar-refractivity contribution in [2.45, 2.75) is 54.5 Å². The van der Waals surface area contributed by atoms with E-state index in [2.05, 4.69) is 5.32 Å². The van der Waals surface area contributed by atoms with Gasteiger partial charge < -0.3 is 10.2 Å².